The summed E-state index contributed by atoms with van der Waals surface area (Å²) in [5.74, 6) is -0.136. The van der Waals surface area contributed by atoms with E-state index < -0.39 is 10.8 Å². The summed E-state index contributed by atoms with van der Waals surface area (Å²) in [7, 11) is 0. The molecule has 0 spiro atoms. The first-order valence-electron chi connectivity index (χ1n) is 7.77. The highest BCUT2D eigenvalue weighted by molar-refractivity contribution is 6.31. The van der Waals surface area contributed by atoms with Crippen molar-refractivity contribution in [3.63, 3.8) is 0 Å². The molecular weight excluding hydrogens is 356 g/mol. The highest BCUT2D eigenvalue weighted by Gasteiger charge is 2.22. The van der Waals surface area contributed by atoms with Crippen LogP contribution in [0.3, 0.4) is 0 Å². The number of nitro groups is 1. The van der Waals surface area contributed by atoms with Gasteiger partial charge in [-0.25, -0.2) is 4.68 Å². The van der Waals surface area contributed by atoms with Gasteiger partial charge in [-0.3, -0.25) is 14.9 Å². The van der Waals surface area contributed by atoms with E-state index in [1.54, 1.807) is 10.7 Å². The molecule has 0 aliphatic carbocycles. The van der Waals surface area contributed by atoms with Gasteiger partial charge in [-0.05, 0) is 24.6 Å². The first kappa shape index (κ1) is 17.6. The molecule has 1 N–H and O–H groups in total. The molecule has 1 aromatic heterocycles. The van der Waals surface area contributed by atoms with Gasteiger partial charge < -0.3 is 5.32 Å². The predicted octanol–water partition coefficient (Wildman–Crippen LogP) is 4.05. The van der Waals surface area contributed by atoms with Crippen LogP contribution >= 0.6 is 11.6 Å². The summed E-state index contributed by atoms with van der Waals surface area (Å²) in [5.41, 5.74) is 1.33. The molecule has 0 unspecified atom stereocenters. The van der Waals surface area contributed by atoms with Crippen LogP contribution in [-0.2, 0) is 6.54 Å². The predicted molar refractivity (Wildman–Crippen MR) is 98.6 cm³/mol. The lowest BCUT2D eigenvalue weighted by molar-refractivity contribution is -0.385. The second-order valence-corrected chi connectivity index (χ2v) is 6.12. The number of benzene rings is 2. The van der Waals surface area contributed by atoms with Crippen LogP contribution in [0.25, 0.3) is 0 Å². The topological polar surface area (TPSA) is 90.1 Å². The first-order valence-corrected chi connectivity index (χ1v) is 8.15. The molecule has 8 heteroatoms. The summed E-state index contributed by atoms with van der Waals surface area (Å²) < 4.78 is 1.64. The number of hydrogen-bond acceptors (Lipinski definition) is 4. The number of halogens is 1. The summed E-state index contributed by atoms with van der Waals surface area (Å²) >= 11 is 5.79. The smallest absolute Gasteiger partial charge is 0.283 e. The Morgan fingerprint density at radius 3 is 2.65 bits per heavy atom. The van der Waals surface area contributed by atoms with Gasteiger partial charge in [0.25, 0.3) is 11.6 Å². The number of nitrogens with zero attached hydrogens (tertiary/aromatic N) is 3. The minimum atomic E-state index is -0.632. The van der Waals surface area contributed by atoms with Crippen molar-refractivity contribution in [1.82, 2.24) is 9.78 Å². The van der Waals surface area contributed by atoms with Crippen molar-refractivity contribution in [2.45, 2.75) is 13.5 Å². The zero-order chi connectivity index (χ0) is 18.7. The molecule has 0 aliphatic rings. The number of amides is 1. The number of anilines is 1. The van der Waals surface area contributed by atoms with Crippen LogP contribution in [0.4, 0.5) is 11.5 Å². The molecule has 0 fully saturated rings. The van der Waals surface area contributed by atoms with Gasteiger partial charge in [-0.1, -0.05) is 41.9 Å². The largest absolute Gasteiger partial charge is 0.307 e. The fourth-order valence-corrected chi connectivity index (χ4v) is 2.72. The third-order valence-corrected chi connectivity index (χ3v) is 3.96. The Bertz CT molecular complexity index is 970. The van der Waals surface area contributed by atoms with Gasteiger partial charge >= 0.3 is 0 Å². The number of rotatable bonds is 5. The molecule has 1 amide bonds. The minimum Gasteiger partial charge on any atom is -0.307 e. The third kappa shape index (κ3) is 3.89. The van der Waals surface area contributed by atoms with E-state index in [4.69, 9.17) is 11.6 Å². The van der Waals surface area contributed by atoms with Gasteiger partial charge in [0.2, 0.25) is 0 Å². The zero-order valence-electron chi connectivity index (χ0n) is 13.8. The zero-order valence-corrected chi connectivity index (χ0v) is 14.6. The fraction of sp³-hybridized carbons (Fsp3) is 0.111. The van der Waals surface area contributed by atoms with E-state index in [9.17, 15) is 14.9 Å². The van der Waals surface area contributed by atoms with Crippen LogP contribution in [-0.4, -0.2) is 20.6 Å². The van der Waals surface area contributed by atoms with Crippen molar-refractivity contribution in [1.29, 1.82) is 0 Å². The Kier molecular flexibility index (Phi) is 4.99. The lowest BCUT2D eigenvalue weighted by atomic mass is 10.1. The maximum absolute atomic E-state index is 12.6. The van der Waals surface area contributed by atoms with Gasteiger partial charge in [0.05, 0.1) is 17.2 Å². The summed E-state index contributed by atoms with van der Waals surface area (Å²) in [6.07, 6.45) is 0. The number of carbonyl (C=O) groups is 1. The SMILES string of the molecule is Cc1cc(NC(=O)c2ccc(Cl)cc2[N+](=O)[O-])n(Cc2ccccc2)n1. The monoisotopic (exact) mass is 370 g/mol. The van der Waals surface area contributed by atoms with E-state index in [2.05, 4.69) is 10.4 Å². The maximum Gasteiger partial charge on any atom is 0.283 e. The lowest BCUT2D eigenvalue weighted by Crippen LogP contribution is -2.17. The van der Waals surface area contributed by atoms with E-state index in [0.29, 0.717) is 12.4 Å². The molecule has 2 aromatic carbocycles. The summed E-state index contributed by atoms with van der Waals surface area (Å²) in [4.78, 5) is 23.1. The van der Waals surface area contributed by atoms with Crippen molar-refractivity contribution in [2.75, 3.05) is 5.32 Å². The molecule has 0 aliphatic heterocycles. The van der Waals surface area contributed by atoms with Gasteiger partial charge in [0.15, 0.2) is 0 Å². The molecule has 0 saturated carbocycles. The number of nitrogens with one attached hydrogen (secondary N) is 1. The third-order valence-electron chi connectivity index (χ3n) is 3.72. The second kappa shape index (κ2) is 7.37. The number of aromatic nitrogens is 2. The summed E-state index contributed by atoms with van der Waals surface area (Å²) in [6, 6.07) is 15.3. The minimum absolute atomic E-state index is 0.0653. The van der Waals surface area contributed by atoms with E-state index in [1.165, 1.54) is 12.1 Å². The van der Waals surface area contributed by atoms with Crippen LogP contribution in [0, 0.1) is 17.0 Å². The average molecular weight is 371 g/mol. The molecule has 3 rings (SSSR count). The second-order valence-electron chi connectivity index (χ2n) is 5.69. The number of nitro benzene ring substituents is 1. The van der Waals surface area contributed by atoms with Crippen LogP contribution in [0.15, 0.2) is 54.6 Å². The molecule has 7 nitrogen and oxygen atoms in total. The van der Waals surface area contributed by atoms with Crippen LogP contribution in [0.1, 0.15) is 21.6 Å². The quantitative estimate of drug-likeness (QED) is 0.541. The van der Waals surface area contributed by atoms with Gasteiger partial charge in [-0.15, -0.1) is 0 Å². The van der Waals surface area contributed by atoms with Crippen LogP contribution < -0.4 is 5.32 Å². The van der Waals surface area contributed by atoms with Gasteiger partial charge in [-0.2, -0.15) is 5.10 Å². The Hall–Kier alpha value is -3.19. The molecular formula is C18H15ClN4O3. The molecule has 132 valence electrons. The van der Waals surface area contributed by atoms with Crippen LogP contribution in [0.5, 0.6) is 0 Å². The standard InChI is InChI=1S/C18H15ClN4O3/c1-12-9-17(22(21-12)11-13-5-3-2-4-6-13)20-18(24)15-8-7-14(19)10-16(15)23(25)26/h2-10H,11H2,1H3,(H,20,24). The molecule has 0 bridgehead atoms. The van der Waals surface area contributed by atoms with Gasteiger partial charge in [0.1, 0.15) is 11.4 Å². The van der Waals surface area contributed by atoms with E-state index >= 15 is 0 Å². The normalized spacial score (nSPS) is 10.5. The number of aryl methyl sites for hydroxylation is 1. The highest BCUT2D eigenvalue weighted by Crippen LogP contribution is 2.24. The van der Waals surface area contributed by atoms with Crippen molar-refractivity contribution in [3.05, 3.63) is 86.6 Å². The number of carbonyl (C=O) groups excluding carboxylic acids is 1. The van der Waals surface area contributed by atoms with E-state index in [0.717, 1.165) is 17.3 Å². The summed E-state index contributed by atoms with van der Waals surface area (Å²) in [6.45, 7) is 2.27. The first-order chi connectivity index (χ1) is 12.4. The van der Waals surface area contributed by atoms with Crippen molar-refractivity contribution < 1.29 is 9.72 Å². The Morgan fingerprint density at radius 1 is 1.23 bits per heavy atom. The van der Waals surface area contributed by atoms with Crippen LogP contribution in [0.2, 0.25) is 5.02 Å². The van der Waals surface area contributed by atoms with E-state index in [1.807, 2.05) is 37.3 Å². The fourth-order valence-electron chi connectivity index (χ4n) is 2.55. The molecule has 1 heterocycles. The molecule has 26 heavy (non-hydrogen) atoms. The summed E-state index contributed by atoms with van der Waals surface area (Å²) in [5, 5.41) is 18.5. The molecule has 0 radical (unpaired) electrons. The molecule has 0 saturated heterocycles. The highest BCUT2D eigenvalue weighted by atomic mass is 35.5. The molecule has 3 aromatic rings. The lowest BCUT2D eigenvalue weighted by Gasteiger charge is -2.09. The van der Waals surface area contributed by atoms with Crippen molar-refractivity contribution in [2.24, 2.45) is 0 Å². The Labute approximate surface area is 154 Å². The Morgan fingerprint density at radius 2 is 1.96 bits per heavy atom. The number of hydrogen-bond donors (Lipinski definition) is 1. The van der Waals surface area contributed by atoms with Crippen molar-refractivity contribution >= 4 is 29.0 Å². The average Bonchev–Trinajstić information content (AvgIpc) is 2.94. The van der Waals surface area contributed by atoms with E-state index in [-0.39, 0.29) is 16.3 Å². The Balaban J connectivity index is 1.88. The van der Waals surface area contributed by atoms with Gasteiger partial charge in [0, 0.05) is 17.2 Å². The maximum atomic E-state index is 12.6. The van der Waals surface area contributed by atoms with Crippen molar-refractivity contribution in [3.8, 4) is 0 Å². The molecule has 0 atom stereocenters.